The average Bonchev–Trinajstić information content (AvgIpc) is 2.63. The molecule has 6 nitrogen and oxygen atoms in total. The molecule has 148 valence electrons. The summed E-state index contributed by atoms with van der Waals surface area (Å²) in [5.74, 6) is -1.05. The molecule has 0 aliphatic heterocycles. The number of ether oxygens (including phenoxy) is 1. The predicted octanol–water partition coefficient (Wildman–Crippen LogP) is 3.90. The SMILES string of the molecule is Cc1cccc(NC(=O)COC(=O)CCCC(=O)Nc2cc(C)ccc2C)c1. The van der Waals surface area contributed by atoms with Crippen LogP contribution in [0, 0.1) is 20.8 Å². The van der Waals surface area contributed by atoms with Crippen LogP contribution in [-0.2, 0) is 19.1 Å². The lowest BCUT2D eigenvalue weighted by Gasteiger charge is -2.09. The maximum atomic E-state index is 12.0. The van der Waals surface area contributed by atoms with Crippen molar-refractivity contribution in [3.8, 4) is 0 Å². The first kappa shape index (κ1) is 21.2. The first-order valence-corrected chi connectivity index (χ1v) is 9.23. The zero-order chi connectivity index (χ0) is 20.5. The zero-order valence-corrected chi connectivity index (χ0v) is 16.5. The van der Waals surface area contributed by atoms with Crippen LogP contribution in [0.2, 0.25) is 0 Å². The second kappa shape index (κ2) is 10.3. The quantitative estimate of drug-likeness (QED) is 0.678. The van der Waals surface area contributed by atoms with Crippen molar-refractivity contribution in [2.45, 2.75) is 40.0 Å². The van der Waals surface area contributed by atoms with Gasteiger partial charge in [0.25, 0.3) is 5.91 Å². The largest absolute Gasteiger partial charge is 0.456 e. The number of anilines is 2. The van der Waals surface area contributed by atoms with Crippen molar-refractivity contribution >= 4 is 29.2 Å². The molecule has 0 unspecified atom stereocenters. The molecule has 0 aliphatic rings. The maximum Gasteiger partial charge on any atom is 0.306 e. The van der Waals surface area contributed by atoms with E-state index in [0.717, 1.165) is 22.4 Å². The highest BCUT2D eigenvalue weighted by atomic mass is 16.5. The summed E-state index contributed by atoms with van der Waals surface area (Å²) in [4.78, 5) is 35.6. The van der Waals surface area contributed by atoms with Crippen molar-refractivity contribution in [2.24, 2.45) is 0 Å². The van der Waals surface area contributed by atoms with Crippen molar-refractivity contribution in [1.82, 2.24) is 0 Å². The van der Waals surface area contributed by atoms with Gasteiger partial charge in [-0.2, -0.15) is 0 Å². The fourth-order valence-corrected chi connectivity index (χ4v) is 2.61. The molecule has 0 heterocycles. The summed E-state index contributed by atoms with van der Waals surface area (Å²) >= 11 is 0. The molecule has 2 amide bonds. The van der Waals surface area contributed by atoms with E-state index in [1.54, 1.807) is 6.07 Å². The van der Waals surface area contributed by atoms with Gasteiger partial charge in [-0.15, -0.1) is 0 Å². The van der Waals surface area contributed by atoms with Gasteiger partial charge in [0.05, 0.1) is 0 Å². The number of aryl methyl sites for hydroxylation is 3. The number of hydrogen-bond donors (Lipinski definition) is 2. The molecule has 0 fully saturated rings. The van der Waals surface area contributed by atoms with Crippen molar-refractivity contribution in [1.29, 1.82) is 0 Å². The van der Waals surface area contributed by atoms with Gasteiger partial charge in [-0.05, 0) is 62.1 Å². The van der Waals surface area contributed by atoms with Crippen LogP contribution >= 0.6 is 0 Å². The lowest BCUT2D eigenvalue weighted by atomic mass is 10.1. The van der Waals surface area contributed by atoms with Crippen LogP contribution in [0.5, 0.6) is 0 Å². The first-order chi connectivity index (χ1) is 13.3. The average molecular weight is 382 g/mol. The Balaban J connectivity index is 1.66. The number of amides is 2. The van der Waals surface area contributed by atoms with Gasteiger partial charge in [0.1, 0.15) is 0 Å². The maximum absolute atomic E-state index is 12.0. The Kier molecular flexibility index (Phi) is 7.75. The number of esters is 1. The van der Waals surface area contributed by atoms with E-state index in [2.05, 4.69) is 10.6 Å². The predicted molar refractivity (Wildman–Crippen MR) is 109 cm³/mol. The van der Waals surface area contributed by atoms with Crippen LogP contribution < -0.4 is 10.6 Å². The van der Waals surface area contributed by atoms with E-state index < -0.39 is 11.9 Å². The van der Waals surface area contributed by atoms with E-state index in [9.17, 15) is 14.4 Å². The fraction of sp³-hybridized carbons (Fsp3) is 0.318. The second-order valence-corrected chi connectivity index (χ2v) is 6.80. The van der Waals surface area contributed by atoms with Crippen LogP contribution in [0.3, 0.4) is 0 Å². The van der Waals surface area contributed by atoms with Crippen LogP contribution in [0.15, 0.2) is 42.5 Å². The Bertz CT molecular complexity index is 861. The van der Waals surface area contributed by atoms with Gasteiger partial charge in [-0.3, -0.25) is 14.4 Å². The van der Waals surface area contributed by atoms with Gasteiger partial charge in [-0.1, -0.05) is 24.3 Å². The molecular formula is C22H26N2O4. The summed E-state index contributed by atoms with van der Waals surface area (Å²) in [5.41, 5.74) is 4.50. The van der Waals surface area contributed by atoms with Gasteiger partial charge in [0, 0.05) is 24.2 Å². The zero-order valence-electron chi connectivity index (χ0n) is 16.5. The molecule has 0 bridgehead atoms. The van der Waals surface area contributed by atoms with Crippen molar-refractivity contribution < 1.29 is 19.1 Å². The minimum Gasteiger partial charge on any atom is -0.456 e. The third kappa shape index (κ3) is 7.23. The molecule has 2 aromatic carbocycles. The highest BCUT2D eigenvalue weighted by Gasteiger charge is 2.10. The lowest BCUT2D eigenvalue weighted by Crippen LogP contribution is -2.21. The number of rotatable bonds is 8. The molecule has 2 aromatic rings. The van der Waals surface area contributed by atoms with Gasteiger partial charge < -0.3 is 15.4 Å². The Hall–Kier alpha value is -3.15. The van der Waals surface area contributed by atoms with Crippen LogP contribution in [0.1, 0.15) is 36.0 Å². The summed E-state index contributed by atoms with van der Waals surface area (Å²) in [6.07, 6.45) is 0.644. The highest BCUT2D eigenvalue weighted by Crippen LogP contribution is 2.17. The first-order valence-electron chi connectivity index (χ1n) is 9.23. The summed E-state index contributed by atoms with van der Waals surface area (Å²) in [7, 11) is 0. The molecule has 2 rings (SSSR count). The minimum atomic E-state index is -0.501. The van der Waals surface area contributed by atoms with Crippen molar-refractivity contribution in [3.63, 3.8) is 0 Å². The molecule has 0 atom stereocenters. The fourth-order valence-electron chi connectivity index (χ4n) is 2.61. The molecule has 0 saturated carbocycles. The van der Waals surface area contributed by atoms with E-state index in [1.165, 1.54) is 0 Å². The van der Waals surface area contributed by atoms with Gasteiger partial charge in [-0.25, -0.2) is 0 Å². The van der Waals surface area contributed by atoms with Gasteiger partial charge in [0.15, 0.2) is 6.61 Å². The Morgan fingerprint density at radius 3 is 2.36 bits per heavy atom. The molecule has 0 aliphatic carbocycles. The summed E-state index contributed by atoms with van der Waals surface area (Å²) in [6, 6.07) is 13.2. The molecule has 2 N–H and O–H groups in total. The third-order valence-electron chi connectivity index (χ3n) is 4.12. The summed E-state index contributed by atoms with van der Waals surface area (Å²) in [5, 5.41) is 5.52. The number of carbonyl (C=O) groups excluding carboxylic acids is 3. The van der Waals surface area contributed by atoms with Gasteiger partial charge in [0.2, 0.25) is 5.91 Å². The summed E-state index contributed by atoms with van der Waals surface area (Å²) in [6.45, 7) is 5.46. The van der Waals surface area contributed by atoms with E-state index in [1.807, 2.05) is 57.2 Å². The van der Waals surface area contributed by atoms with Crippen LogP contribution in [0.4, 0.5) is 11.4 Å². The standard InChI is InChI=1S/C22H26N2O4/c1-15-6-4-7-18(12-15)23-21(26)14-28-22(27)9-5-8-20(25)24-19-13-16(2)10-11-17(19)3/h4,6-7,10-13H,5,8-9,14H2,1-3H3,(H,23,26)(H,24,25). The van der Waals surface area contributed by atoms with Crippen LogP contribution in [-0.4, -0.2) is 24.4 Å². The Morgan fingerprint density at radius 2 is 1.61 bits per heavy atom. The number of benzene rings is 2. The molecule has 0 spiro atoms. The van der Waals surface area contributed by atoms with E-state index >= 15 is 0 Å². The molecule has 0 saturated heterocycles. The normalized spacial score (nSPS) is 10.2. The van der Waals surface area contributed by atoms with Gasteiger partial charge >= 0.3 is 5.97 Å². The summed E-state index contributed by atoms with van der Waals surface area (Å²) < 4.78 is 4.96. The molecule has 28 heavy (non-hydrogen) atoms. The smallest absolute Gasteiger partial charge is 0.306 e. The van der Waals surface area contributed by atoms with Crippen molar-refractivity contribution in [3.05, 3.63) is 59.2 Å². The Labute approximate surface area is 165 Å². The number of carbonyl (C=O) groups is 3. The second-order valence-electron chi connectivity index (χ2n) is 6.80. The number of hydrogen-bond acceptors (Lipinski definition) is 4. The minimum absolute atomic E-state index is 0.0813. The third-order valence-corrected chi connectivity index (χ3v) is 4.12. The van der Waals surface area contributed by atoms with E-state index in [4.69, 9.17) is 4.74 Å². The van der Waals surface area contributed by atoms with Crippen molar-refractivity contribution in [2.75, 3.05) is 17.2 Å². The molecule has 6 heteroatoms. The molecular weight excluding hydrogens is 356 g/mol. The number of nitrogens with one attached hydrogen (secondary N) is 2. The van der Waals surface area contributed by atoms with E-state index in [-0.39, 0.29) is 25.4 Å². The monoisotopic (exact) mass is 382 g/mol. The lowest BCUT2D eigenvalue weighted by molar-refractivity contribution is -0.147. The highest BCUT2D eigenvalue weighted by molar-refractivity contribution is 5.93. The Morgan fingerprint density at radius 1 is 0.857 bits per heavy atom. The topological polar surface area (TPSA) is 84.5 Å². The molecule has 0 aromatic heterocycles. The van der Waals surface area contributed by atoms with E-state index in [0.29, 0.717) is 12.1 Å². The molecule has 0 radical (unpaired) electrons. The van der Waals surface area contributed by atoms with Crippen LogP contribution in [0.25, 0.3) is 0 Å².